The molecule has 0 aliphatic rings. The molecule has 0 unspecified atom stereocenters. The predicted octanol–water partition coefficient (Wildman–Crippen LogP) is 1.75. The summed E-state index contributed by atoms with van der Waals surface area (Å²) in [6.07, 6.45) is 0.0253. The largest absolute Gasteiger partial charge is 0.380 e. The van der Waals surface area contributed by atoms with E-state index in [9.17, 15) is 0 Å². The maximum absolute atomic E-state index is 5.68. The van der Waals surface area contributed by atoms with E-state index in [-0.39, 0.29) is 15.8 Å². The second-order valence-corrected chi connectivity index (χ2v) is 6.47. The van der Waals surface area contributed by atoms with E-state index in [2.05, 4.69) is 18.7 Å². The number of hydrogen-bond donors (Lipinski definition) is 0. The molecule has 0 radical (unpaired) electrons. The van der Waals surface area contributed by atoms with Crippen molar-refractivity contribution in [3.8, 4) is 0 Å². The average Bonchev–Trinajstić information content (AvgIpc) is 2.42. The molecule has 0 aromatic carbocycles. The minimum absolute atomic E-state index is 0.0253. The van der Waals surface area contributed by atoms with Gasteiger partial charge in [-0.3, -0.25) is 0 Å². The molecule has 0 aliphatic heterocycles. The van der Waals surface area contributed by atoms with Crippen LogP contribution in [0.1, 0.15) is 27.7 Å². The molecule has 0 amide bonds. The summed E-state index contributed by atoms with van der Waals surface area (Å²) in [5, 5.41) is 0. The lowest BCUT2D eigenvalue weighted by molar-refractivity contribution is -0.123. The van der Waals surface area contributed by atoms with Gasteiger partial charge in [0.25, 0.3) is 0 Å². The van der Waals surface area contributed by atoms with Gasteiger partial charge in [0, 0.05) is 35.9 Å². The highest BCUT2D eigenvalue weighted by Crippen LogP contribution is 2.02. The molecule has 5 heteroatoms. The molecular formula is C14H33NO3Si. The van der Waals surface area contributed by atoms with E-state index in [1.807, 2.05) is 13.8 Å². The van der Waals surface area contributed by atoms with Crippen molar-refractivity contribution < 1.29 is 14.2 Å². The van der Waals surface area contributed by atoms with E-state index in [1.54, 1.807) is 0 Å². The molecule has 4 nitrogen and oxygen atoms in total. The second-order valence-electron chi connectivity index (χ2n) is 4.48. The van der Waals surface area contributed by atoms with Gasteiger partial charge in [0.05, 0.1) is 6.61 Å². The number of hydrogen-bond acceptors (Lipinski definition) is 4. The SMILES string of the molecule is CCOC(C[SiH2]CCOCCN(CC)CC)OCC. The Bertz CT molecular complexity index is 174. The Hall–Kier alpha value is 0.0569. The molecule has 0 saturated carbocycles. The molecule has 0 aromatic rings. The summed E-state index contributed by atoms with van der Waals surface area (Å²) in [5.74, 6) is 0. The molecule has 0 heterocycles. The topological polar surface area (TPSA) is 30.9 Å². The molecule has 0 saturated heterocycles. The van der Waals surface area contributed by atoms with Crippen LogP contribution < -0.4 is 0 Å². The molecule has 0 rings (SSSR count). The number of rotatable bonds is 14. The lowest BCUT2D eigenvalue weighted by Gasteiger charge is -2.18. The van der Waals surface area contributed by atoms with E-state index < -0.39 is 0 Å². The van der Waals surface area contributed by atoms with Gasteiger partial charge in [-0.05, 0) is 39.0 Å². The lowest BCUT2D eigenvalue weighted by atomic mass is 10.5. The molecule has 0 aromatic heterocycles. The van der Waals surface area contributed by atoms with Gasteiger partial charge in [-0.25, -0.2) is 0 Å². The van der Waals surface area contributed by atoms with Crippen LogP contribution in [-0.4, -0.2) is 66.8 Å². The monoisotopic (exact) mass is 291 g/mol. The van der Waals surface area contributed by atoms with Gasteiger partial charge >= 0.3 is 0 Å². The fraction of sp³-hybridized carbons (Fsp3) is 1.00. The van der Waals surface area contributed by atoms with Crippen LogP contribution in [0.15, 0.2) is 0 Å². The van der Waals surface area contributed by atoms with Gasteiger partial charge in [0.15, 0.2) is 6.29 Å². The van der Waals surface area contributed by atoms with Crippen molar-refractivity contribution in [1.82, 2.24) is 4.90 Å². The Labute approximate surface area is 121 Å². The highest BCUT2D eigenvalue weighted by atomic mass is 28.2. The third-order valence-corrected chi connectivity index (χ3v) is 4.80. The first-order valence-corrected chi connectivity index (χ1v) is 9.81. The highest BCUT2D eigenvalue weighted by molar-refractivity contribution is 6.35. The van der Waals surface area contributed by atoms with Gasteiger partial charge < -0.3 is 19.1 Å². The molecule has 0 spiro atoms. The molecule has 116 valence electrons. The van der Waals surface area contributed by atoms with Crippen molar-refractivity contribution in [3.63, 3.8) is 0 Å². The van der Waals surface area contributed by atoms with Crippen molar-refractivity contribution in [2.45, 2.75) is 46.1 Å². The van der Waals surface area contributed by atoms with Gasteiger partial charge in [0.2, 0.25) is 0 Å². The first-order valence-electron chi connectivity index (χ1n) is 7.81. The minimum atomic E-state index is -0.123. The van der Waals surface area contributed by atoms with Crippen molar-refractivity contribution in [1.29, 1.82) is 0 Å². The number of nitrogens with zero attached hydrogens (tertiary/aromatic N) is 1. The summed E-state index contributed by atoms with van der Waals surface area (Å²) in [6, 6.07) is 2.32. The van der Waals surface area contributed by atoms with Crippen molar-refractivity contribution in [3.05, 3.63) is 0 Å². The normalized spacial score (nSPS) is 12.3. The van der Waals surface area contributed by atoms with Crippen molar-refractivity contribution >= 4 is 9.52 Å². The van der Waals surface area contributed by atoms with E-state index >= 15 is 0 Å². The third-order valence-electron chi connectivity index (χ3n) is 3.13. The summed E-state index contributed by atoms with van der Waals surface area (Å²) in [6.45, 7) is 14.9. The van der Waals surface area contributed by atoms with Crippen LogP contribution in [0.25, 0.3) is 0 Å². The Morgan fingerprint density at radius 1 is 0.947 bits per heavy atom. The Balaban J connectivity index is 3.38. The molecule has 19 heavy (non-hydrogen) atoms. The smallest absolute Gasteiger partial charge is 0.154 e. The maximum Gasteiger partial charge on any atom is 0.154 e. The first-order chi connectivity index (χ1) is 9.28. The van der Waals surface area contributed by atoms with E-state index in [1.165, 1.54) is 6.04 Å². The average molecular weight is 292 g/mol. The van der Waals surface area contributed by atoms with Gasteiger partial charge in [-0.15, -0.1) is 0 Å². The molecule has 0 aliphatic carbocycles. The fourth-order valence-corrected chi connectivity index (χ4v) is 3.30. The molecule has 0 bridgehead atoms. The Morgan fingerprint density at radius 2 is 1.58 bits per heavy atom. The van der Waals surface area contributed by atoms with Crippen molar-refractivity contribution in [2.24, 2.45) is 0 Å². The minimum Gasteiger partial charge on any atom is -0.380 e. The summed E-state index contributed by atoms with van der Waals surface area (Å²) >= 11 is 0. The summed E-state index contributed by atoms with van der Waals surface area (Å²) in [5.41, 5.74) is 0. The van der Waals surface area contributed by atoms with Crippen LogP contribution >= 0.6 is 0 Å². The van der Waals surface area contributed by atoms with E-state index in [0.717, 1.165) is 52.1 Å². The number of likely N-dealkylation sites (N-methyl/N-ethyl adjacent to an activating group) is 1. The van der Waals surface area contributed by atoms with Gasteiger partial charge in [0.1, 0.15) is 0 Å². The zero-order valence-corrected chi connectivity index (χ0v) is 14.7. The molecular weight excluding hydrogens is 258 g/mol. The van der Waals surface area contributed by atoms with Crippen LogP contribution in [0.5, 0.6) is 0 Å². The summed E-state index contributed by atoms with van der Waals surface area (Å²) in [7, 11) is -0.123. The standard InChI is InChI=1S/C14H33NO3Si/c1-5-15(6-2)9-10-16-11-12-19-13-14(17-7-3)18-8-4/h14H,5-13,19H2,1-4H3. The molecule has 0 N–H and O–H groups in total. The lowest BCUT2D eigenvalue weighted by Crippen LogP contribution is -2.27. The molecule has 0 atom stereocenters. The fourth-order valence-electron chi connectivity index (χ4n) is 1.94. The van der Waals surface area contributed by atoms with Gasteiger partial charge in [-0.1, -0.05) is 13.8 Å². The predicted molar refractivity (Wildman–Crippen MR) is 83.8 cm³/mol. The zero-order chi connectivity index (χ0) is 14.3. The third kappa shape index (κ3) is 11.6. The molecule has 0 fully saturated rings. The highest BCUT2D eigenvalue weighted by Gasteiger charge is 2.07. The van der Waals surface area contributed by atoms with Crippen LogP contribution in [0, 0.1) is 0 Å². The summed E-state index contributed by atoms with van der Waals surface area (Å²) in [4.78, 5) is 2.39. The Morgan fingerprint density at radius 3 is 2.11 bits per heavy atom. The summed E-state index contributed by atoms with van der Waals surface area (Å²) < 4.78 is 16.8. The first kappa shape index (κ1) is 19.1. The quantitative estimate of drug-likeness (QED) is 0.277. The van der Waals surface area contributed by atoms with Crippen LogP contribution in [0.4, 0.5) is 0 Å². The van der Waals surface area contributed by atoms with E-state index in [0.29, 0.717) is 0 Å². The Kier molecular flexibility index (Phi) is 14.5. The maximum atomic E-state index is 5.68. The zero-order valence-electron chi connectivity index (χ0n) is 13.3. The van der Waals surface area contributed by atoms with Crippen molar-refractivity contribution in [2.75, 3.05) is 46.1 Å². The van der Waals surface area contributed by atoms with Crippen LogP contribution in [0.3, 0.4) is 0 Å². The second kappa shape index (κ2) is 14.5. The van der Waals surface area contributed by atoms with Gasteiger partial charge in [-0.2, -0.15) is 0 Å². The van der Waals surface area contributed by atoms with Crippen LogP contribution in [0.2, 0.25) is 12.1 Å². The number of ether oxygens (including phenoxy) is 3. The van der Waals surface area contributed by atoms with Crippen LogP contribution in [-0.2, 0) is 14.2 Å². The van der Waals surface area contributed by atoms with E-state index in [4.69, 9.17) is 14.2 Å².